The number of nitrogens with zero attached hydrogens (tertiary/aromatic N) is 1. The third kappa shape index (κ3) is 6.71. The third-order valence-corrected chi connectivity index (χ3v) is 4.10. The molecule has 1 atom stereocenters. The standard InChI is InChI=1S/C19H32N2O2/c1-6-21(7-2)18(12-15(3)4)13-20-19(22)17-10-8-16(9-11-17)14-23-5/h8-11,15,18H,6-7,12-14H2,1-5H3,(H,20,22). The number of likely N-dealkylation sites (N-methyl/N-ethyl adjacent to an activating group) is 1. The summed E-state index contributed by atoms with van der Waals surface area (Å²) in [5, 5.41) is 3.09. The molecule has 0 saturated heterocycles. The first-order valence-electron chi connectivity index (χ1n) is 8.61. The summed E-state index contributed by atoms with van der Waals surface area (Å²) in [5.41, 5.74) is 1.78. The van der Waals surface area contributed by atoms with Crippen molar-refractivity contribution in [3.8, 4) is 0 Å². The van der Waals surface area contributed by atoms with E-state index in [4.69, 9.17) is 4.74 Å². The molecule has 0 heterocycles. The van der Waals surface area contributed by atoms with Gasteiger partial charge in [-0.25, -0.2) is 0 Å². The lowest BCUT2D eigenvalue weighted by molar-refractivity contribution is 0.0929. The third-order valence-electron chi connectivity index (χ3n) is 4.10. The second-order valence-electron chi connectivity index (χ2n) is 6.34. The smallest absolute Gasteiger partial charge is 0.251 e. The van der Waals surface area contributed by atoms with E-state index >= 15 is 0 Å². The molecule has 0 aliphatic rings. The topological polar surface area (TPSA) is 41.6 Å². The molecule has 0 fully saturated rings. The van der Waals surface area contributed by atoms with Crippen molar-refractivity contribution in [1.82, 2.24) is 10.2 Å². The number of methoxy groups -OCH3 is 1. The molecule has 0 radical (unpaired) electrons. The minimum absolute atomic E-state index is 0.00474. The van der Waals surface area contributed by atoms with E-state index in [1.165, 1.54) is 0 Å². The highest BCUT2D eigenvalue weighted by Gasteiger charge is 2.18. The van der Waals surface area contributed by atoms with Crippen molar-refractivity contribution in [3.05, 3.63) is 35.4 Å². The minimum atomic E-state index is -0.00474. The first-order valence-corrected chi connectivity index (χ1v) is 8.61. The Labute approximate surface area is 141 Å². The number of hydrogen-bond donors (Lipinski definition) is 1. The summed E-state index contributed by atoms with van der Waals surface area (Å²) in [7, 11) is 1.67. The van der Waals surface area contributed by atoms with E-state index in [2.05, 4.69) is 37.9 Å². The van der Waals surface area contributed by atoms with Gasteiger partial charge in [-0.2, -0.15) is 0 Å². The fourth-order valence-electron chi connectivity index (χ4n) is 2.88. The average Bonchev–Trinajstić information content (AvgIpc) is 2.53. The molecule has 0 aliphatic carbocycles. The van der Waals surface area contributed by atoms with E-state index in [0.717, 1.165) is 25.1 Å². The molecular weight excluding hydrogens is 288 g/mol. The molecule has 0 saturated carbocycles. The quantitative estimate of drug-likeness (QED) is 0.719. The zero-order valence-electron chi connectivity index (χ0n) is 15.3. The van der Waals surface area contributed by atoms with Crippen LogP contribution in [-0.4, -0.2) is 43.6 Å². The number of hydrogen-bond acceptors (Lipinski definition) is 3. The summed E-state index contributed by atoms with van der Waals surface area (Å²) in [6, 6.07) is 7.99. The molecule has 1 aromatic rings. The van der Waals surface area contributed by atoms with Gasteiger partial charge in [-0.1, -0.05) is 39.8 Å². The fourth-order valence-corrected chi connectivity index (χ4v) is 2.88. The number of carbonyl (C=O) groups is 1. The van der Waals surface area contributed by atoms with E-state index in [-0.39, 0.29) is 5.91 Å². The van der Waals surface area contributed by atoms with Gasteiger partial charge >= 0.3 is 0 Å². The lowest BCUT2D eigenvalue weighted by atomic mass is 10.0. The van der Waals surface area contributed by atoms with Crippen molar-refractivity contribution in [2.75, 3.05) is 26.7 Å². The summed E-state index contributed by atoms with van der Waals surface area (Å²) >= 11 is 0. The molecule has 4 heteroatoms. The van der Waals surface area contributed by atoms with Crippen LogP contribution in [0.5, 0.6) is 0 Å². The Bertz CT molecular complexity index is 453. The lowest BCUT2D eigenvalue weighted by Crippen LogP contribution is -2.44. The largest absolute Gasteiger partial charge is 0.380 e. The second-order valence-corrected chi connectivity index (χ2v) is 6.34. The molecule has 0 bridgehead atoms. The van der Waals surface area contributed by atoms with Gasteiger partial charge < -0.3 is 10.1 Å². The number of nitrogens with one attached hydrogen (secondary N) is 1. The Hall–Kier alpha value is -1.39. The molecule has 4 nitrogen and oxygen atoms in total. The Morgan fingerprint density at radius 3 is 2.26 bits per heavy atom. The van der Waals surface area contributed by atoms with E-state index in [0.29, 0.717) is 30.7 Å². The maximum atomic E-state index is 12.3. The molecule has 0 spiro atoms. The zero-order chi connectivity index (χ0) is 17.2. The molecule has 1 amide bonds. The summed E-state index contributed by atoms with van der Waals surface area (Å²) in [6.07, 6.45) is 1.09. The highest BCUT2D eigenvalue weighted by atomic mass is 16.5. The SMILES string of the molecule is CCN(CC)C(CNC(=O)c1ccc(COC)cc1)CC(C)C. The average molecular weight is 320 g/mol. The van der Waals surface area contributed by atoms with Crippen molar-refractivity contribution in [3.63, 3.8) is 0 Å². The van der Waals surface area contributed by atoms with Gasteiger partial charge in [0.2, 0.25) is 0 Å². The Balaban J connectivity index is 2.63. The Morgan fingerprint density at radius 2 is 1.78 bits per heavy atom. The Kier molecular flexibility index (Phi) is 8.89. The van der Waals surface area contributed by atoms with Crippen LogP contribution in [0.1, 0.15) is 50.0 Å². The van der Waals surface area contributed by atoms with E-state index in [9.17, 15) is 4.79 Å². The van der Waals surface area contributed by atoms with Gasteiger partial charge in [-0.05, 0) is 43.1 Å². The van der Waals surface area contributed by atoms with Crippen LogP contribution in [-0.2, 0) is 11.3 Å². The maximum Gasteiger partial charge on any atom is 0.251 e. The number of carbonyl (C=O) groups excluding carboxylic acids is 1. The number of benzene rings is 1. The van der Waals surface area contributed by atoms with E-state index < -0.39 is 0 Å². The maximum absolute atomic E-state index is 12.3. The summed E-state index contributed by atoms with van der Waals surface area (Å²) in [6.45, 7) is 12.1. The van der Waals surface area contributed by atoms with Crippen LogP contribution in [0.3, 0.4) is 0 Å². The van der Waals surface area contributed by atoms with E-state index in [1.807, 2.05) is 24.3 Å². The zero-order valence-corrected chi connectivity index (χ0v) is 15.3. The van der Waals surface area contributed by atoms with Gasteiger partial charge in [0.1, 0.15) is 0 Å². The molecule has 1 rings (SSSR count). The minimum Gasteiger partial charge on any atom is -0.380 e. The van der Waals surface area contributed by atoms with Crippen LogP contribution in [0, 0.1) is 5.92 Å². The predicted octanol–water partition coefficient (Wildman–Crippen LogP) is 3.32. The van der Waals surface area contributed by atoms with Crippen LogP contribution in [0.15, 0.2) is 24.3 Å². The molecule has 0 aromatic heterocycles. The molecule has 130 valence electrons. The summed E-state index contributed by atoms with van der Waals surface area (Å²) < 4.78 is 5.09. The number of amides is 1. The second kappa shape index (κ2) is 10.4. The Morgan fingerprint density at radius 1 is 1.17 bits per heavy atom. The fraction of sp³-hybridized carbons (Fsp3) is 0.632. The highest BCUT2D eigenvalue weighted by Crippen LogP contribution is 2.11. The van der Waals surface area contributed by atoms with Crippen LogP contribution < -0.4 is 5.32 Å². The van der Waals surface area contributed by atoms with Gasteiger partial charge in [-0.3, -0.25) is 9.69 Å². The van der Waals surface area contributed by atoms with E-state index in [1.54, 1.807) is 7.11 Å². The van der Waals surface area contributed by atoms with Crippen molar-refractivity contribution in [1.29, 1.82) is 0 Å². The molecule has 1 N–H and O–H groups in total. The molecule has 0 aliphatic heterocycles. The lowest BCUT2D eigenvalue weighted by Gasteiger charge is -2.31. The number of ether oxygens (including phenoxy) is 1. The van der Waals surface area contributed by atoms with Crippen LogP contribution in [0.25, 0.3) is 0 Å². The predicted molar refractivity (Wildman–Crippen MR) is 95.7 cm³/mol. The molecular formula is C19H32N2O2. The normalized spacial score (nSPS) is 12.7. The number of rotatable bonds is 10. The van der Waals surface area contributed by atoms with Crippen molar-refractivity contribution >= 4 is 5.91 Å². The van der Waals surface area contributed by atoms with Crippen LogP contribution >= 0.6 is 0 Å². The highest BCUT2D eigenvalue weighted by molar-refractivity contribution is 5.94. The van der Waals surface area contributed by atoms with Gasteiger partial charge in [0, 0.05) is 25.3 Å². The summed E-state index contributed by atoms with van der Waals surface area (Å²) in [4.78, 5) is 14.8. The summed E-state index contributed by atoms with van der Waals surface area (Å²) in [5.74, 6) is 0.612. The van der Waals surface area contributed by atoms with Gasteiger partial charge in [-0.15, -0.1) is 0 Å². The van der Waals surface area contributed by atoms with Crippen molar-refractivity contribution in [2.45, 2.75) is 46.8 Å². The first kappa shape index (κ1) is 19.7. The van der Waals surface area contributed by atoms with Gasteiger partial charge in [0.05, 0.1) is 6.61 Å². The van der Waals surface area contributed by atoms with Crippen molar-refractivity contribution in [2.24, 2.45) is 5.92 Å². The van der Waals surface area contributed by atoms with Crippen LogP contribution in [0.2, 0.25) is 0 Å². The van der Waals surface area contributed by atoms with Crippen LogP contribution in [0.4, 0.5) is 0 Å². The molecule has 23 heavy (non-hydrogen) atoms. The molecule has 1 unspecified atom stereocenters. The molecule has 1 aromatic carbocycles. The van der Waals surface area contributed by atoms with Crippen molar-refractivity contribution < 1.29 is 9.53 Å². The van der Waals surface area contributed by atoms with Gasteiger partial charge in [0.15, 0.2) is 0 Å². The monoisotopic (exact) mass is 320 g/mol. The first-order chi connectivity index (χ1) is 11.0. The van der Waals surface area contributed by atoms with Gasteiger partial charge in [0.25, 0.3) is 5.91 Å².